The van der Waals surface area contributed by atoms with E-state index in [4.69, 9.17) is 4.74 Å². The number of anilines is 1. The Morgan fingerprint density at radius 2 is 1.65 bits per heavy atom. The number of amides is 2. The van der Waals surface area contributed by atoms with Crippen LogP contribution in [0.3, 0.4) is 0 Å². The molecular weight excluding hydrogens is 506 g/mol. The third-order valence-corrected chi connectivity index (χ3v) is 6.11. The Bertz CT molecular complexity index is 1550. The number of esters is 1. The Morgan fingerprint density at radius 1 is 0.973 bits per heavy atom. The minimum Gasteiger partial charge on any atom is -0.459 e. The van der Waals surface area contributed by atoms with Gasteiger partial charge >= 0.3 is 5.97 Å². The minimum absolute atomic E-state index is 0.0330. The first-order chi connectivity index (χ1) is 17.3. The van der Waals surface area contributed by atoms with E-state index >= 15 is 0 Å². The summed E-state index contributed by atoms with van der Waals surface area (Å²) in [6.07, 6.45) is 0.400. The molecular formula is C26H22F2N2O6S. The first kappa shape index (κ1) is 26.0. The second-order valence-electron chi connectivity index (χ2n) is 8.78. The summed E-state index contributed by atoms with van der Waals surface area (Å²) in [4.78, 5) is 39.9. The lowest BCUT2D eigenvalue weighted by atomic mass is 10.0. The lowest BCUT2D eigenvalue weighted by Gasteiger charge is -2.21. The van der Waals surface area contributed by atoms with Gasteiger partial charge < -0.3 is 9.64 Å². The normalized spacial score (nSPS) is 13.0. The van der Waals surface area contributed by atoms with Gasteiger partial charge in [0.2, 0.25) is 10.0 Å². The van der Waals surface area contributed by atoms with Crippen LogP contribution in [-0.2, 0) is 21.3 Å². The number of nitrogens with zero attached hydrogens (tertiary/aromatic N) is 1. The predicted octanol–water partition coefficient (Wildman–Crippen LogP) is 4.05. The minimum atomic E-state index is -3.81. The molecule has 11 heteroatoms. The highest BCUT2D eigenvalue weighted by molar-refractivity contribution is 7.89. The molecule has 2 amide bonds. The second-order valence-corrected chi connectivity index (χ2v) is 10.5. The molecule has 0 saturated heterocycles. The number of hydrogen-bond donors (Lipinski definition) is 1. The van der Waals surface area contributed by atoms with Crippen LogP contribution in [0.2, 0.25) is 0 Å². The molecule has 3 aromatic carbocycles. The number of carbonyl (C=O) groups is 3. The second kappa shape index (κ2) is 9.74. The van der Waals surface area contributed by atoms with Crippen molar-refractivity contribution < 1.29 is 36.3 Å². The fraction of sp³-hybridized carbons (Fsp3) is 0.192. The SMILES string of the molecule is CC(C)OC(=O)c1ccc(-c2ccc(F)c(F)c2)cc1N1Cc2ccc(C(=O)NS(C)(=O)=O)cc2C1=O. The first-order valence-electron chi connectivity index (χ1n) is 11.1. The lowest BCUT2D eigenvalue weighted by Crippen LogP contribution is -2.29. The van der Waals surface area contributed by atoms with Crippen LogP contribution in [0.5, 0.6) is 0 Å². The van der Waals surface area contributed by atoms with Crippen molar-refractivity contribution in [2.24, 2.45) is 0 Å². The first-order valence-corrected chi connectivity index (χ1v) is 13.0. The molecule has 4 rings (SSSR count). The number of nitrogens with one attached hydrogen (secondary N) is 1. The monoisotopic (exact) mass is 528 g/mol. The zero-order valence-corrected chi connectivity index (χ0v) is 20.9. The van der Waals surface area contributed by atoms with Crippen LogP contribution < -0.4 is 9.62 Å². The van der Waals surface area contributed by atoms with Crippen molar-refractivity contribution in [2.75, 3.05) is 11.2 Å². The Balaban J connectivity index is 1.77. The highest BCUT2D eigenvalue weighted by atomic mass is 32.2. The number of benzene rings is 3. The molecule has 0 spiro atoms. The van der Waals surface area contributed by atoms with E-state index < -0.39 is 45.5 Å². The number of rotatable bonds is 6. The summed E-state index contributed by atoms with van der Waals surface area (Å²) in [5.41, 5.74) is 1.67. The van der Waals surface area contributed by atoms with Crippen molar-refractivity contribution in [1.29, 1.82) is 0 Å². The van der Waals surface area contributed by atoms with Crippen molar-refractivity contribution in [1.82, 2.24) is 4.72 Å². The smallest absolute Gasteiger partial charge is 0.340 e. The molecule has 0 atom stereocenters. The number of carbonyl (C=O) groups excluding carboxylic acids is 3. The highest BCUT2D eigenvalue weighted by Crippen LogP contribution is 2.35. The van der Waals surface area contributed by atoms with E-state index in [2.05, 4.69) is 0 Å². The van der Waals surface area contributed by atoms with Gasteiger partial charge in [-0.2, -0.15) is 0 Å². The van der Waals surface area contributed by atoms with Gasteiger partial charge in [0.25, 0.3) is 11.8 Å². The van der Waals surface area contributed by atoms with E-state index in [0.717, 1.165) is 18.4 Å². The fourth-order valence-corrected chi connectivity index (χ4v) is 4.38. The van der Waals surface area contributed by atoms with Crippen LogP contribution in [0.1, 0.15) is 50.5 Å². The maximum absolute atomic E-state index is 13.9. The number of hydrogen-bond acceptors (Lipinski definition) is 6. The van der Waals surface area contributed by atoms with Crippen LogP contribution in [0, 0.1) is 11.6 Å². The Morgan fingerprint density at radius 3 is 2.30 bits per heavy atom. The largest absolute Gasteiger partial charge is 0.459 e. The number of ether oxygens (including phenoxy) is 1. The van der Waals surface area contributed by atoms with Gasteiger partial charge in [0.15, 0.2) is 11.6 Å². The fourth-order valence-electron chi connectivity index (χ4n) is 3.92. The molecule has 0 fully saturated rings. The molecule has 0 bridgehead atoms. The van der Waals surface area contributed by atoms with Gasteiger partial charge in [0.1, 0.15) is 0 Å². The summed E-state index contributed by atoms with van der Waals surface area (Å²) in [6, 6.07) is 12.0. The highest BCUT2D eigenvalue weighted by Gasteiger charge is 2.33. The third-order valence-electron chi connectivity index (χ3n) is 5.56. The maximum atomic E-state index is 13.9. The molecule has 0 saturated carbocycles. The van der Waals surface area contributed by atoms with Crippen LogP contribution in [0.15, 0.2) is 54.6 Å². The molecule has 0 unspecified atom stereocenters. The number of fused-ring (bicyclic) bond motifs is 1. The number of sulfonamides is 1. The van der Waals surface area contributed by atoms with Crippen LogP contribution >= 0.6 is 0 Å². The Labute approximate surface area is 211 Å². The van der Waals surface area contributed by atoms with Gasteiger partial charge in [-0.05, 0) is 66.9 Å². The Hall–Kier alpha value is -4.12. The predicted molar refractivity (Wildman–Crippen MR) is 132 cm³/mol. The topological polar surface area (TPSA) is 110 Å². The molecule has 192 valence electrons. The van der Waals surface area contributed by atoms with Gasteiger partial charge in [-0.25, -0.2) is 26.7 Å². The summed E-state index contributed by atoms with van der Waals surface area (Å²) in [6.45, 7) is 3.39. The maximum Gasteiger partial charge on any atom is 0.340 e. The van der Waals surface area contributed by atoms with Crippen molar-refractivity contribution >= 4 is 33.5 Å². The molecule has 1 aliphatic rings. The van der Waals surface area contributed by atoms with Gasteiger partial charge in [0, 0.05) is 11.1 Å². The molecule has 0 aromatic heterocycles. The molecule has 8 nitrogen and oxygen atoms in total. The van der Waals surface area contributed by atoms with Crippen LogP contribution in [-0.4, -0.2) is 38.6 Å². The van der Waals surface area contributed by atoms with E-state index in [1.807, 2.05) is 4.72 Å². The van der Waals surface area contributed by atoms with Gasteiger partial charge in [-0.15, -0.1) is 0 Å². The van der Waals surface area contributed by atoms with Gasteiger partial charge in [-0.1, -0.05) is 18.2 Å². The zero-order chi connectivity index (χ0) is 27.1. The van der Waals surface area contributed by atoms with Gasteiger partial charge in [0.05, 0.1) is 30.2 Å². The van der Waals surface area contributed by atoms with Crippen LogP contribution in [0.4, 0.5) is 14.5 Å². The molecule has 1 aliphatic heterocycles. The average molecular weight is 529 g/mol. The molecule has 1 N–H and O–H groups in total. The summed E-state index contributed by atoms with van der Waals surface area (Å²) >= 11 is 0. The summed E-state index contributed by atoms with van der Waals surface area (Å²) in [7, 11) is -3.81. The van der Waals surface area contributed by atoms with E-state index in [1.54, 1.807) is 13.8 Å². The molecule has 3 aromatic rings. The molecule has 1 heterocycles. The quantitative estimate of drug-likeness (QED) is 0.484. The summed E-state index contributed by atoms with van der Waals surface area (Å²) in [5.74, 6) is -4.17. The molecule has 0 radical (unpaired) electrons. The Kier molecular flexibility index (Phi) is 6.83. The lowest BCUT2D eigenvalue weighted by molar-refractivity contribution is 0.0378. The van der Waals surface area contributed by atoms with Crippen molar-refractivity contribution in [3.8, 4) is 11.1 Å². The van der Waals surface area contributed by atoms with E-state index in [0.29, 0.717) is 16.7 Å². The number of halogens is 2. The van der Waals surface area contributed by atoms with Crippen molar-refractivity contribution in [3.63, 3.8) is 0 Å². The molecule has 0 aliphatic carbocycles. The van der Waals surface area contributed by atoms with E-state index in [-0.39, 0.29) is 28.9 Å². The van der Waals surface area contributed by atoms with Crippen molar-refractivity contribution in [2.45, 2.75) is 26.5 Å². The van der Waals surface area contributed by atoms with Crippen LogP contribution in [0.25, 0.3) is 11.1 Å². The zero-order valence-electron chi connectivity index (χ0n) is 20.0. The summed E-state index contributed by atoms with van der Waals surface area (Å²) < 4.78 is 57.4. The molecule has 37 heavy (non-hydrogen) atoms. The summed E-state index contributed by atoms with van der Waals surface area (Å²) in [5, 5.41) is 0. The standard InChI is InChI=1S/C26H22F2N2O6S/c1-14(2)36-26(33)19-8-6-16(15-7-9-21(27)22(28)11-15)12-23(19)30-13-18-5-4-17(10-20(18)25(30)32)24(31)29-37(3,34)35/h4-12,14H,13H2,1-3H3,(H,29,31). The average Bonchev–Trinajstić information content (AvgIpc) is 3.14. The third kappa shape index (κ3) is 5.51. The van der Waals surface area contributed by atoms with Crippen molar-refractivity contribution in [3.05, 3.63) is 88.5 Å². The van der Waals surface area contributed by atoms with E-state index in [9.17, 15) is 31.6 Å². The van der Waals surface area contributed by atoms with E-state index in [1.165, 1.54) is 47.4 Å². The van der Waals surface area contributed by atoms with Gasteiger partial charge in [-0.3, -0.25) is 9.59 Å².